The van der Waals surface area contributed by atoms with Gasteiger partial charge in [-0.25, -0.2) is 17.7 Å². The highest BCUT2D eigenvalue weighted by molar-refractivity contribution is 7.88. The summed E-state index contributed by atoms with van der Waals surface area (Å²) >= 11 is 1.47. The Morgan fingerprint density at radius 2 is 2.07 bits per heavy atom. The quantitative estimate of drug-likeness (QED) is 0.618. The Kier molecular flexibility index (Phi) is 5.28. The third-order valence-electron chi connectivity index (χ3n) is 5.01. The minimum atomic E-state index is -3.31. The topological polar surface area (TPSA) is 99.6 Å². The molecule has 0 radical (unpaired) electrons. The standard InChI is InChI=1S/C20H21N3O4S2/c1-29(26,27)23-10-4-5-13(12-23)19(25)21-14-8-9-17(24)15(11-14)20-22-16-6-2-3-7-18(16)28-20/h2-3,6-9,11,13,24H,4-5,10,12H2,1H3,(H,21,25). The number of hydrogen-bond donors (Lipinski definition) is 2. The average molecular weight is 432 g/mol. The molecule has 4 rings (SSSR count). The average Bonchev–Trinajstić information content (AvgIpc) is 3.13. The van der Waals surface area contributed by atoms with Gasteiger partial charge < -0.3 is 10.4 Å². The third-order valence-corrected chi connectivity index (χ3v) is 7.35. The summed E-state index contributed by atoms with van der Waals surface area (Å²) in [4.78, 5) is 17.3. The van der Waals surface area contributed by atoms with Crippen LogP contribution in [0.15, 0.2) is 42.5 Å². The minimum absolute atomic E-state index is 0.0861. The number of piperidine rings is 1. The monoisotopic (exact) mass is 431 g/mol. The van der Waals surface area contributed by atoms with E-state index < -0.39 is 15.9 Å². The van der Waals surface area contributed by atoms with Gasteiger partial charge >= 0.3 is 0 Å². The Labute approximate surface area is 173 Å². The van der Waals surface area contributed by atoms with Gasteiger partial charge in [-0.2, -0.15) is 0 Å². The first-order valence-electron chi connectivity index (χ1n) is 9.26. The lowest BCUT2D eigenvalue weighted by atomic mass is 9.98. The summed E-state index contributed by atoms with van der Waals surface area (Å²) in [5, 5.41) is 13.8. The number of fused-ring (bicyclic) bond motifs is 1. The van der Waals surface area contributed by atoms with Crippen molar-refractivity contribution in [3.63, 3.8) is 0 Å². The molecule has 1 amide bonds. The number of thiazole rings is 1. The highest BCUT2D eigenvalue weighted by Gasteiger charge is 2.30. The molecule has 1 unspecified atom stereocenters. The number of aromatic hydroxyl groups is 1. The van der Waals surface area contributed by atoms with Gasteiger partial charge in [-0.15, -0.1) is 11.3 Å². The van der Waals surface area contributed by atoms with Crippen molar-refractivity contribution in [2.45, 2.75) is 12.8 Å². The molecule has 0 spiro atoms. The van der Waals surface area contributed by atoms with Crippen molar-refractivity contribution in [2.24, 2.45) is 5.92 Å². The molecule has 1 fully saturated rings. The number of benzene rings is 2. The van der Waals surface area contributed by atoms with E-state index in [9.17, 15) is 18.3 Å². The molecule has 0 saturated carbocycles. The fraction of sp³-hybridized carbons (Fsp3) is 0.300. The number of nitrogens with zero attached hydrogens (tertiary/aromatic N) is 2. The normalized spacial score (nSPS) is 18.0. The van der Waals surface area contributed by atoms with Gasteiger partial charge in [0.15, 0.2) is 0 Å². The van der Waals surface area contributed by atoms with E-state index >= 15 is 0 Å². The van der Waals surface area contributed by atoms with Crippen LogP contribution < -0.4 is 5.32 Å². The molecule has 29 heavy (non-hydrogen) atoms. The summed E-state index contributed by atoms with van der Waals surface area (Å²) in [6, 6.07) is 12.6. The van der Waals surface area contributed by atoms with E-state index in [1.807, 2.05) is 24.3 Å². The van der Waals surface area contributed by atoms with Crippen molar-refractivity contribution in [1.82, 2.24) is 9.29 Å². The highest BCUT2D eigenvalue weighted by atomic mass is 32.2. The van der Waals surface area contributed by atoms with Crippen molar-refractivity contribution in [2.75, 3.05) is 24.7 Å². The highest BCUT2D eigenvalue weighted by Crippen LogP contribution is 2.37. The lowest BCUT2D eigenvalue weighted by Crippen LogP contribution is -2.43. The van der Waals surface area contributed by atoms with Crippen molar-refractivity contribution >= 4 is 43.2 Å². The van der Waals surface area contributed by atoms with E-state index in [4.69, 9.17) is 0 Å². The zero-order valence-corrected chi connectivity index (χ0v) is 17.5. The summed E-state index contributed by atoms with van der Waals surface area (Å²) in [5.74, 6) is -0.541. The number of nitrogens with one attached hydrogen (secondary N) is 1. The van der Waals surface area contributed by atoms with Gasteiger partial charge in [0.2, 0.25) is 15.9 Å². The second kappa shape index (κ2) is 7.74. The van der Waals surface area contributed by atoms with Crippen molar-refractivity contribution in [3.05, 3.63) is 42.5 Å². The molecule has 0 bridgehead atoms. The van der Waals surface area contributed by atoms with Gasteiger partial charge in [-0.3, -0.25) is 4.79 Å². The number of hydrogen-bond acceptors (Lipinski definition) is 6. The summed E-state index contributed by atoms with van der Waals surface area (Å²) in [7, 11) is -3.31. The second-order valence-electron chi connectivity index (χ2n) is 7.17. The zero-order chi connectivity index (χ0) is 20.6. The first-order valence-corrected chi connectivity index (χ1v) is 11.9. The fourth-order valence-electron chi connectivity index (χ4n) is 3.47. The smallest absolute Gasteiger partial charge is 0.228 e. The van der Waals surface area contributed by atoms with Crippen molar-refractivity contribution < 1.29 is 18.3 Å². The predicted octanol–water partition coefficient (Wildman–Crippen LogP) is 3.28. The van der Waals surface area contributed by atoms with Crippen molar-refractivity contribution in [1.29, 1.82) is 0 Å². The third kappa shape index (κ3) is 4.26. The molecule has 1 atom stereocenters. The van der Waals surface area contributed by atoms with Crippen LogP contribution in [0.5, 0.6) is 5.75 Å². The van der Waals surface area contributed by atoms with Crippen molar-refractivity contribution in [3.8, 4) is 16.3 Å². The summed E-state index contributed by atoms with van der Waals surface area (Å²) in [5.41, 5.74) is 1.94. The number of amides is 1. The number of carbonyl (C=O) groups excluding carboxylic acids is 1. The summed E-state index contributed by atoms with van der Waals surface area (Å²) in [6.07, 6.45) is 2.45. The number of carbonyl (C=O) groups is 1. The number of anilines is 1. The fourth-order valence-corrected chi connectivity index (χ4v) is 5.38. The second-order valence-corrected chi connectivity index (χ2v) is 10.2. The van der Waals surface area contributed by atoms with Crippen LogP contribution in [0, 0.1) is 5.92 Å². The van der Waals surface area contributed by atoms with Crippen LogP contribution in [-0.2, 0) is 14.8 Å². The Morgan fingerprint density at radius 3 is 2.83 bits per heavy atom. The molecule has 7 nitrogen and oxygen atoms in total. The van der Waals surface area contributed by atoms with Crippen LogP contribution >= 0.6 is 11.3 Å². The van der Waals surface area contributed by atoms with E-state index in [2.05, 4.69) is 10.3 Å². The predicted molar refractivity (Wildman–Crippen MR) is 114 cm³/mol. The molecule has 3 aromatic rings. The van der Waals surface area contributed by atoms with Crippen LogP contribution in [0.1, 0.15) is 12.8 Å². The van der Waals surface area contributed by atoms with Gasteiger partial charge in [0.05, 0.1) is 28.0 Å². The van der Waals surface area contributed by atoms with Gasteiger partial charge in [0.25, 0.3) is 0 Å². The maximum Gasteiger partial charge on any atom is 0.228 e. The first-order chi connectivity index (χ1) is 13.8. The van der Waals surface area contributed by atoms with E-state index in [1.165, 1.54) is 21.7 Å². The molecule has 2 aromatic carbocycles. The van der Waals surface area contributed by atoms with Crippen LogP contribution in [0.4, 0.5) is 5.69 Å². The van der Waals surface area contributed by atoms with Gasteiger partial charge in [0.1, 0.15) is 10.8 Å². The van der Waals surface area contributed by atoms with Gasteiger partial charge in [-0.1, -0.05) is 12.1 Å². The molecule has 0 aliphatic carbocycles. The molecule has 2 heterocycles. The first kappa shape index (κ1) is 19.8. The van der Waals surface area contributed by atoms with E-state index in [0.717, 1.165) is 16.5 Å². The van der Waals surface area contributed by atoms with Crippen LogP contribution in [0.25, 0.3) is 20.8 Å². The zero-order valence-electron chi connectivity index (χ0n) is 15.8. The lowest BCUT2D eigenvalue weighted by molar-refractivity contribution is -0.120. The number of phenolic OH excluding ortho intramolecular Hbond substituents is 1. The van der Waals surface area contributed by atoms with Gasteiger partial charge in [0, 0.05) is 18.8 Å². The van der Waals surface area contributed by atoms with E-state index in [0.29, 0.717) is 35.6 Å². The molecule has 1 saturated heterocycles. The maximum atomic E-state index is 12.7. The van der Waals surface area contributed by atoms with Crippen LogP contribution in [0.3, 0.4) is 0 Å². The molecular formula is C20H21N3O4S2. The molecule has 152 valence electrons. The SMILES string of the molecule is CS(=O)(=O)N1CCCC(C(=O)Nc2ccc(O)c(-c3nc4ccccc4s3)c2)C1. The summed E-state index contributed by atoms with van der Waals surface area (Å²) in [6.45, 7) is 0.636. The molecule has 2 N–H and O–H groups in total. The minimum Gasteiger partial charge on any atom is -0.507 e. The van der Waals surface area contributed by atoms with Crippen LogP contribution in [0.2, 0.25) is 0 Å². The Morgan fingerprint density at radius 1 is 1.28 bits per heavy atom. The number of aromatic nitrogens is 1. The molecule has 1 aliphatic heterocycles. The Bertz CT molecular complexity index is 1140. The number of sulfonamides is 1. The lowest BCUT2D eigenvalue weighted by Gasteiger charge is -2.30. The molecule has 1 aromatic heterocycles. The molecular weight excluding hydrogens is 410 g/mol. The summed E-state index contributed by atoms with van der Waals surface area (Å²) < 4.78 is 25.9. The van der Waals surface area contributed by atoms with Gasteiger partial charge in [-0.05, 0) is 43.2 Å². The largest absolute Gasteiger partial charge is 0.507 e. The Hall–Kier alpha value is -2.49. The Balaban J connectivity index is 1.55. The van der Waals surface area contributed by atoms with E-state index in [1.54, 1.807) is 12.1 Å². The number of phenols is 1. The molecule has 9 heteroatoms. The van der Waals surface area contributed by atoms with Crippen LogP contribution in [-0.4, -0.2) is 48.1 Å². The molecule has 1 aliphatic rings. The van der Waals surface area contributed by atoms with E-state index in [-0.39, 0.29) is 18.2 Å². The maximum absolute atomic E-state index is 12.7. The number of rotatable bonds is 4. The number of para-hydroxylation sites is 1.